The van der Waals surface area contributed by atoms with Crippen molar-refractivity contribution in [3.8, 4) is 0 Å². The topological polar surface area (TPSA) is 36.9 Å². The normalized spacial score (nSPS) is 14.9. The van der Waals surface area contributed by atoms with Gasteiger partial charge < -0.3 is 18.9 Å². The molecule has 0 aliphatic carbocycles. The molecule has 0 aromatic carbocycles. The summed E-state index contributed by atoms with van der Waals surface area (Å²) in [7, 11) is 0. The fraction of sp³-hybridized carbons (Fsp3) is 1.00. The number of unbranched alkanes of at least 4 members (excludes halogenated alkanes) is 13. The second-order valence-corrected chi connectivity index (χ2v) is 10.8. The van der Waals surface area contributed by atoms with Crippen molar-refractivity contribution in [1.82, 2.24) is 0 Å². The van der Waals surface area contributed by atoms with Gasteiger partial charge in [0.1, 0.15) is 6.10 Å². The third kappa shape index (κ3) is 18.2. The molecule has 0 saturated carbocycles. The number of ether oxygens (including phenoxy) is 4. The Morgan fingerprint density at radius 2 is 0.971 bits per heavy atom. The van der Waals surface area contributed by atoms with Crippen molar-refractivity contribution in [2.75, 3.05) is 19.8 Å². The second-order valence-electron chi connectivity index (χ2n) is 10.8. The van der Waals surface area contributed by atoms with Crippen molar-refractivity contribution in [3.05, 3.63) is 0 Å². The monoisotopic (exact) mass is 486 g/mol. The van der Waals surface area contributed by atoms with E-state index in [0.29, 0.717) is 19.8 Å². The Kier molecular flexibility index (Phi) is 22.0. The van der Waals surface area contributed by atoms with E-state index in [0.717, 1.165) is 32.1 Å². The first-order valence-corrected chi connectivity index (χ1v) is 14.9. The van der Waals surface area contributed by atoms with Gasteiger partial charge in [0.15, 0.2) is 0 Å². The smallest absolute Gasteiger partial charge is 0.311 e. The van der Waals surface area contributed by atoms with Crippen molar-refractivity contribution in [2.24, 2.45) is 0 Å². The summed E-state index contributed by atoms with van der Waals surface area (Å²) in [5.74, 6) is -1.13. The highest BCUT2D eigenvalue weighted by Gasteiger charge is 2.46. The minimum Gasteiger partial charge on any atom is -0.370 e. The second kappa shape index (κ2) is 22.1. The average molecular weight is 487 g/mol. The van der Waals surface area contributed by atoms with Gasteiger partial charge in [-0.3, -0.25) is 0 Å². The predicted octanol–water partition coefficient (Wildman–Crippen LogP) is 9.59. The van der Waals surface area contributed by atoms with Gasteiger partial charge in [-0.1, -0.05) is 111 Å². The molecule has 4 nitrogen and oxygen atoms in total. The Labute approximate surface area is 214 Å². The highest BCUT2D eigenvalue weighted by atomic mass is 16.9. The molecular weight excluding hydrogens is 424 g/mol. The van der Waals surface area contributed by atoms with Crippen molar-refractivity contribution >= 4 is 0 Å². The largest absolute Gasteiger partial charge is 0.370 e. The molecule has 0 rings (SSSR count). The van der Waals surface area contributed by atoms with E-state index in [4.69, 9.17) is 18.9 Å². The van der Waals surface area contributed by atoms with Crippen LogP contribution in [-0.4, -0.2) is 37.5 Å². The minimum absolute atomic E-state index is 0.214. The van der Waals surface area contributed by atoms with Crippen LogP contribution in [0.25, 0.3) is 0 Å². The SMILES string of the molecule is CCCCCCCCCCC(OCC)C(OCCCC)(OCCCCCCCC)OC(C)(C)C. The van der Waals surface area contributed by atoms with E-state index in [1.165, 1.54) is 77.0 Å². The van der Waals surface area contributed by atoms with E-state index in [-0.39, 0.29) is 11.7 Å². The highest BCUT2D eigenvalue weighted by Crippen LogP contribution is 2.32. The molecule has 0 radical (unpaired) electrons. The lowest BCUT2D eigenvalue weighted by Crippen LogP contribution is -2.55. The highest BCUT2D eigenvalue weighted by molar-refractivity contribution is 4.77. The van der Waals surface area contributed by atoms with E-state index in [9.17, 15) is 0 Å². The molecule has 0 saturated heterocycles. The van der Waals surface area contributed by atoms with Crippen LogP contribution in [0.5, 0.6) is 0 Å². The van der Waals surface area contributed by atoms with Gasteiger partial charge in [0.25, 0.3) is 0 Å². The maximum absolute atomic E-state index is 6.58. The molecular formula is C30H62O4. The summed E-state index contributed by atoms with van der Waals surface area (Å²) in [4.78, 5) is 0. The predicted molar refractivity (Wildman–Crippen MR) is 146 cm³/mol. The first-order valence-electron chi connectivity index (χ1n) is 14.9. The van der Waals surface area contributed by atoms with E-state index >= 15 is 0 Å². The third-order valence-electron chi connectivity index (χ3n) is 6.13. The molecule has 34 heavy (non-hydrogen) atoms. The van der Waals surface area contributed by atoms with Crippen LogP contribution in [-0.2, 0) is 18.9 Å². The average Bonchev–Trinajstić information content (AvgIpc) is 2.78. The lowest BCUT2D eigenvalue weighted by Gasteiger charge is -2.43. The lowest BCUT2D eigenvalue weighted by atomic mass is 10.0. The Balaban J connectivity index is 5.12. The van der Waals surface area contributed by atoms with Crippen molar-refractivity contribution in [1.29, 1.82) is 0 Å². The van der Waals surface area contributed by atoms with E-state index in [1.807, 2.05) is 0 Å². The summed E-state index contributed by atoms with van der Waals surface area (Å²) in [6.07, 6.45) is 20.6. The molecule has 0 spiro atoms. The third-order valence-corrected chi connectivity index (χ3v) is 6.13. The molecule has 0 aromatic rings. The zero-order valence-electron chi connectivity index (χ0n) is 24.4. The zero-order valence-corrected chi connectivity index (χ0v) is 24.4. The molecule has 2 unspecified atom stereocenters. The zero-order chi connectivity index (χ0) is 25.5. The first-order chi connectivity index (χ1) is 16.3. The maximum Gasteiger partial charge on any atom is 0.311 e. The summed E-state index contributed by atoms with van der Waals surface area (Å²) in [5.41, 5.74) is -0.387. The van der Waals surface area contributed by atoms with Gasteiger partial charge in [0.2, 0.25) is 0 Å². The molecule has 0 amide bonds. The van der Waals surface area contributed by atoms with Crippen LogP contribution in [0.3, 0.4) is 0 Å². The van der Waals surface area contributed by atoms with Gasteiger partial charge >= 0.3 is 5.97 Å². The lowest BCUT2D eigenvalue weighted by molar-refractivity contribution is -0.439. The summed E-state index contributed by atoms with van der Waals surface area (Å²) in [6, 6.07) is 0. The van der Waals surface area contributed by atoms with Gasteiger partial charge in [-0.25, -0.2) is 0 Å². The van der Waals surface area contributed by atoms with Crippen LogP contribution in [0.1, 0.15) is 158 Å². The quantitative estimate of drug-likeness (QED) is 0.0950. The van der Waals surface area contributed by atoms with Crippen LogP contribution < -0.4 is 0 Å². The number of rotatable bonds is 25. The summed E-state index contributed by atoms with van der Waals surface area (Å²) < 4.78 is 25.8. The van der Waals surface area contributed by atoms with Crippen LogP contribution in [0.2, 0.25) is 0 Å². The Bertz CT molecular complexity index is 421. The molecule has 2 atom stereocenters. The fourth-order valence-electron chi connectivity index (χ4n) is 4.26. The van der Waals surface area contributed by atoms with E-state index < -0.39 is 5.97 Å². The van der Waals surface area contributed by atoms with Crippen LogP contribution in [0, 0.1) is 0 Å². The molecule has 0 bridgehead atoms. The molecule has 206 valence electrons. The standard InChI is InChI=1S/C30H62O4/c1-8-12-15-17-19-20-21-23-25-28(31-11-4)30(32-26-14-10-3,34-29(5,6)7)33-27-24-22-18-16-13-9-2/h28H,8-27H2,1-7H3. The van der Waals surface area contributed by atoms with Crippen LogP contribution in [0.15, 0.2) is 0 Å². The molecule has 0 aromatic heterocycles. The van der Waals surface area contributed by atoms with Crippen molar-refractivity contribution in [2.45, 2.75) is 175 Å². The van der Waals surface area contributed by atoms with Gasteiger partial charge in [-0.05, 0) is 47.0 Å². The maximum atomic E-state index is 6.58. The minimum atomic E-state index is -1.13. The van der Waals surface area contributed by atoms with E-state index in [2.05, 4.69) is 48.5 Å². The Morgan fingerprint density at radius 1 is 0.529 bits per heavy atom. The summed E-state index contributed by atoms with van der Waals surface area (Å²) in [6.45, 7) is 16.9. The molecule has 0 fully saturated rings. The molecule has 0 aliphatic heterocycles. The van der Waals surface area contributed by atoms with Crippen molar-refractivity contribution in [3.63, 3.8) is 0 Å². The molecule has 4 heteroatoms. The Hall–Kier alpha value is -0.160. The van der Waals surface area contributed by atoms with Gasteiger partial charge in [0, 0.05) is 6.61 Å². The molecule has 0 heterocycles. The van der Waals surface area contributed by atoms with Crippen LogP contribution >= 0.6 is 0 Å². The van der Waals surface area contributed by atoms with Crippen molar-refractivity contribution < 1.29 is 18.9 Å². The van der Waals surface area contributed by atoms with E-state index in [1.54, 1.807) is 0 Å². The van der Waals surface area contributed by atoms with Crippen LogP contribution in [0.4, 0.5) is 0 Å². The summed E-state index contributed by atoms with van der Waals surface area (Å²) >= 11 is 0. The fourth-order valence-corrected chi connectivity index (χ4v) is 4.26. The molecule has 0 N–H and O–H groups in total. The van der Waals surface area contributed by atoms with Gasteiger partial charge in [0.05, 0.1) is 18.8 Å². The number of hydrogen-bond donors (Lipinski definition) is 0. The summed E-state index contributed by atoms with van der Waals surface area (Å²) in [5, 5.41) is 0. The van der Waals surface area contributed by atoms with Gasteiger partial charge in [-0.15, -0.1) is 0 Å². The van der Waals surface area contributed by atoms with Gasteiger partial charge in [-0.2, -0.15) is 0 Å². The Morgan fingerprint density at radius 3 is 1.44 bits per heavy atom. The molecule has 0 aliphatic rings. The first kappa shape index (κ1) is 33.8. The number of hydrogen-bond acceptors (Lipinski definition) is 4.